The molecule has 0 N–H and O–H groups in total. The lowest BCUT2D eigenvalue weighted by Crippen LogP contribution is -2.29. The molecule has 0 radical (unpaired) electrons. The monoisotopic (exact) mass is 618 g/mol. The molecule has 0 aromatic heterocycles. The Labute approximate surface area is 266 Å². The maximum Gasteiger partial charge on any atom is 0.340 e. The summed E-state index contributed by atoms with van der Waals surface area (Å²) in [7, 11) is 0. The quantitative estimate of drug-likeness (QED) is 0.108. The Kier molecular flexibility index (Phi) is 17.4. The predicted molar refractivity (Wildman–Crippen MR) is 174 cm³/mol. The lowest BCUT2D eigenvalue weighted by molar-refractivity contribution is -0.158. The molecule has 2 aliphatic carbocycles. The number of hydrogen-bond acceptors (Lipinski definition) is 4. The normalized spacial score (nSPS) is 23.5. The van der Waals surface area contributed by atoms with E-state index in [1.807, 2.05) is 0 Å². The Balaban J connectivity index is 1.24. The van der Waals surface area contributed by atoms with Gasteiger partial charge in [0.05, 0.1) is 0 Å². The van der Waals surface area contributed by atoms with Crippen LogP contribution in [0.2, 0.25) is 0 Å². The fourth-order valence-corrected chi connectivity index (χ4v) is 6.90. The van der Waals surface area contributed by atoms with Crippen LogP contribution < -0.4 is 0 Å². The van der Waals surface area contributed by atoms with Gasteiger partial charge in [-0.15, -0.1) is 0 Å². The number of alkyl halides is 2. The minimum Gasteiger partial charge on any atom is -0.460 e. The fraction of sp³-hybridized carbons (Fsp3) is 0.789. The summed E-state index contributed by atoms with van der Waals surface area (Å²) in [5.74, 6) is -0.0386. The minimum absolute atomic E-state index is 0.121. The summed E-state index contributed by atoms with van der Waals surface area (Å²) in [6.45, 7) is 4.24. The molecule has 0 heterocycles. The Hall–Kier alpha value is -1.98. The van der Waals surface area contributed by atoms with Crippen molar-refractivity contribution in [1.82, 2.24) is 0 Å². The van der Waals surface area contributed by atoms with Crippen molar-refractivity contribution in [3.63, 3.8) is 0 Å². The van der Waals surface area contributed by atoms with Crippen LogP contribution in [-0.2, 0) is 31.9 Å². The van der Waals surface area contributed by atoms with Gasteiger partial charge >= 0.3 is 11.9 Å². The van der Waals surface area contributed by atoms with Crippen LogP contribution >= 0.6 is 0 Å². The van der Waals surface area contributed by atoms with Crippen LogP contribution in [0.1, 0.15) is 153 Å². The zero-order valence-electron chi connectivity index (χ0n) is 27.7. The van der Waals surface area contributed by atoms with Gasteiger partial charge in [-0.25, -0.2) is 18.4 Å². The highest BCUT2D eigenvalue weighted by Crippen LogP contribution is 2.32. The van der Waals surface area contributed by atoms with Crippen LogP contribution in [-0.4, -0.2) is 36.5 Å². The first kappa shape index (κ1) is 36.5. The second-order valence-corrected chi connectivity index (χ2v) is 13.7. The lowest BCUT2D eigenvalue weighted by Gasteiger charge is -2.29. The average Bonchev–Trinajstić information content (AvgIpc) is 3.04. The van der Waals surface area contributed by atoms with E-state index in [4.69, 9.17) is 9.47 Å². The molecule has 0 spiro atoms. The Morgan fingerprint density at radius 1 is 0.614 bits per heavy atom. The number of halogens is 2. The van der Waals surface area contributed by atoms with Gasteiger partial charge in [0.15, 0.2) is 12.3 Å². The molecule has 1 aromatic carbocycles. The van der Waals surface area contributed by atoms with Gasteiger partial charge in [-0.3, -0.25) is 0 Å². The van der Waals surface area contributed by atoms with E-state index in [-0.39, 0.29) is 25.0 Å². The van der Waals surface area contributed by atoms with E-state index in [9.17, 15) is 18.4 Å². The number of carbonyl (C=O) groups excluding carboxylic acids is 2. The largest absolute Gasteiger partial charge is 0.460 e. The molecule has 0 aliphatic heterocycles. The molecule has 3 rings (SSSR count). The number of aryl methyl sites for hydroxylation is 2. The van der Waals surface area contributed by atoms with E-state index in [0.717, 1.165) is 128 Å². The van der Waals surface area contributed by atoms with Gasteiger partial charge in [0.1, 0.15) is 12.2 Å². The van der Waals surface area contributed by atoms with Crippen LogP contribution in [0.5, 0.6) is 0 Å². The molecular formula is C38H60F2O4. The lowest BCUT2D eigenvalue weighted by atomic mass is 9.83. The standard InChI is InChI=1S/C38H60F2O4/c1-3-5-7-9-11-35(39)37(41)43-33-25-21-31(22-26-33)19-17-29-13-15-30(16-14-29)18-20-32-23-27-34(28-24-32)44-38(42)36(40)12-10-8-6-4-2/h13-16,31-36H,3-12,17-28H2,1-2H3/t31-,32-,33-,34-,35-,36-/m0/s1. The van der Waals surface area contributed by atoms with Crippen molar-refractivity contribution in [3.8, 4) is 0 Å². The van der Waals surface area contributed by atoms with Gasteiger partial charge < -0.3 is 9.47 Å². The van der Waals surface area contributed by atoms with Crippen molar-refractivity contribution in [2.24, 2.45) is 11.8 Å². The maximum atomic E-state index is 14.2. The van der Waals surface area contributed by atoms with Gasteiger partial charge in [0.2, 0.25) is 0 Å². The molecule has 2 atom stereocenters. The fourth-order valence-electron chi connectivity index (χ4n) is 6.90. The first-order valence-corrected chi connectivity index (χ1v) is 18.1. The van der Waals surface area contributed by atoms with E-state index < -0.39 is 24.3 Å². The van der Waals surface area contributed by atoms with E-state index in [2.05, 4.69) is 38.1 Å². The molecule has 0 saturated heterocycles. The molecule has 0 unspecified atom stereocenters. The van der Waals surface area contributed by atoms with Crippen molar-refractivity contribution >= 4 is 11.9 Å². The molecule has 44 heavy (non-hydrogen) atoms. The van der Waals surface area contributed by atoms with Crippen LogP contribution in [0.25, 0.3) is 0 Å². The van der Waals surface area contributed by atoms with Crippen molar-refractivity contribution in [2.75, 3.05) is 0 Å². The van der Waals surface area contributed by atoms with Crippen LogP contribution in [0.4, 0.5) is 8.78 Å². The van der Waals surface area contributed by atoms with Crippen molar-refractivity contribution in [1.29, 1.82) is 0 Å². The molecule has 2 aliphatic rings. The molecule has 2 saturated carbocycles. The van der Waals surface area contributed by atoms with Crippen molar-refractivity contribution in [2.45, 2.75) is 180 Å². The van der Waals surface area contributed by atoms with E-state index >= 15 is 0 Å². The number of esters is 2. The Bertz CT molecular complexity index is 844. The second kappa shape index (κ2) is 20.9. The topological polar surface area (TPSA) is 52.6 Å². The average molecular weight is 619 g/mol. The number of hydrogen-bond donors (Lipinski definition) is 0. The molecule has 0 bridgehead atoms. The van der Waals surface area contributed by atoms with E-state index in [1.165, 1.54) is 11.1 Å². The van der Waals surface area contributed by atoms with Gasteiger partial charge in [-0.05, 0) is 126 Å². The third-order valence-electron chi connectivity index (χ3n) is 9.99. The summed E-state index contributed by atoms with van der Waals surface area (Å²) in [5.41, 5.74) is 2.73. The molecule has 2 fully saturated rings. The van der Waals surface area contributed by atoms with Crippen LogP contribution in [0, 0.1) is 11.8 Å². The first-order chi connectivity index (χ1) is 21.4. The third kappa shape index (κ3) is 14.0. The van der Waals surface area contributed by atoms with Crippen LogP contribution in [0.15, 0.2) is 24.3 Å². The van der Waals surface area contributed by atoms with Gasteiger partial charge in [-0.1, -0.05) is 76.6 Å². The van der Waals surface area contributed by atoms with E-state index in [0.29, 0.717) is 11.8 Å². The number of carbonyl (C=O) groups is 2. The number of ether oxygens (including phenoxy) is 2. The molecule has 6 heteroatoms. The SMILES string of the molecule is CCCCCC[C@H](F)C(=O)O[C@H]1CC[C@H](CCc2ccc(CC[C@H]3CC[C@H](OC(=O)[C@@H](F)CCCCCC)CC3)cc2)CC1. The minimum atomic E-state index is -1.47. The van der Waals surface area contributed by atoms with E-state index in [1.54, 1.807) is 0 Å². The highest BCUT2D eigenvalue weighted by Gasteiger charge is 2.28. The van der Waals surface area contributed by atoms with Crippen LogP contribution in [0.3, 0.4) is 0 Å². The summed E-state index contributed by atoms with van der Waals surface area (Å²) in [6, 6.07) is 9.04. The zero-order valence-corrected chi connectivity index (χ0v) is 27.7. The molecular weight excluding hydrogens is 558 g/mol. The highest BCUT2D eigenvalue weighted by atomic mass is 19.1. The summed E-state index contributed by atoms with van der Waals surface area (Å²) in [5, 5.41) is 0. The molecule has 0 amide bonds. The second-order valence-electron chi connectivity index (χ2n) is 13.7. The smallest absolute Gasteiger partial charge is 0.340 e. The van der Waals surface area contributed by atoms with Crippen molar-refractivity contribution < 1.29 is 27.8 Å². The summed E-state index contributed by atoms with van der Waals surface area (Å²) in [4.78, 5) is 24.2. The van der Waals surface area contributed by atoms with Crippen molar-refractivity contribution in [3.05, 3.63) is 35.4 Å². The third-order valence-corrected chi connectivity index (χ3v) is 9.99. The maximum absolute atomic E-state index is 14.2. The number of benzene rings is 1. The predicted octanol–water partition coefficient (Wildman–Crippen LogP) is 10.4. The highest BCUT2D eigenvalue weighted by molar-refractivity contribution is 5.75. The van der Waals surface area contributed by atoms with Gasteiger partial charge in [0.25, 0.3) is 0 Å². The summed E-state index contributed by atoms with van der Waals surface area (Å²) in [6.07, 6.45) is 17.2. The zero-order chi connectivity index (χ0) is 31.6. The Morgan fingerprint density at radius 3 is 1.32 bits per heavy atom. The first-order valence-electron chi connectivity index (χ1n) is 18.1. The molecule has 4 nitrogen and oxygen atoms in total. The molecule has 250 valence electrons. The van der Waals surface area contributed by atoms with Gasteiger partial charge in [0, 0.05) is 0 Å². The number of unbranched alkanes of at least 4 members (excludes halogenated alkanes) is 6. The number of rotatable bonds is 20. The summed E-state index contributed by atoms with van der Waals surface area (Å²) < 4.78 is 39.3. The molecule has 1 aromatic rings. The van der Waals surface area contributed by atoms with Gasteiger partial charge in [-0.2, -0.15) is 0 Å². The summed E-state index contributed by atoms with van der Waals surface area (Å²) >= 11 is 0. The Morgan fingerprint density at radius 2 is 0.977 bits per heavy atom.